The molecule has 1 aromatic rings. The van der Waals surface area contributed by atoms with Gasteiger partial charge in [0.15, 0.2) is 15.6 Å². The predicted molar refractivity (Wildman–Crippen MR) is 69.2 cm³/mol. The maximum Gasteiger partial charge on any atom is 0.339 e. The van der Waals surface area contributed by atoms with Gasteiger partial charge in [0, 0.05) is 12.6 Å². The second kappa shape index (κ2) is 6.85. The van der Waals surface area contributed by atoms with Crippen molar-refractivity contribution in [1.82, 2.24) is 4.98 Å². The van der Waals surface area contributed by atoms with Crippen molar-refractivity contribution in [2.45, 2.75) is 6.42 Å². The average molecular weight is 302 g/mol. The molecule has 0 aliphatic rings. The van der Waals surface area contributed by atoms with Gasteiger partial charge in [0.1, 0.15) is 12.2 Å². The third kappa shape index (κ3) is 5.22. The van der Waals surface area contributed by atoms with Crippen LogP contribution in [0, 0.1) is 0 Å². The van der Waals surface area contributed by atoms with Crippen LogP contribution in [0.3, 0.4) is 0 Å². The quantitative estimate of drug-likeness (QED) is 0.657. The number of nitrogens with zero attached hydrogens (tertiary/aromatic N) is 1. The van der Waals surface area contributed by atoms with Crippen molar-refractivity contribution in [2.24, 2.45) is 5.73 Å². The number of rotatable bonds is 8. The number of nitrogens with two attached hydrogens (primary N) is 1. The number of aromatic nitrogens is 1. The van der Waals surface area contributed by atoms with Gasteiger partial charge in [0.25, 0.3) is 0 Å². The summed E-state index contributed by atoms with van der Waals surface area (Å²) in [7, 11) is -3.47. The van der Waals surface area contributed by atoms with Crippen molar-refractivity contribution >= 4 is 21.7 Å². The Hall–Kier alpha value is -2.16. The number of ether oxygens (including phenoxy) is 1. The van der Waals surface area contributed by atoms with E-state index in [2.05, 4.69) is 4.98 Å². The number of carboxylic acid groups (broad SMARTS) is 1. The largest absolute Gasteiger partial charge is 0.490 e. The van der Waals surface area contributed by atoms with Crippen LogP contribution in [0.25, 0.3) is 0 Å². The molecule has 0 fully saturated rings. The molecule has 0 atom stereocenters. The molecule has 0 aliphatic carbocycles. The zero-order valence-corrected chi connectivity index (χ0v) is 11.3. The Morgan fingerprint density at radius 1 is 1.35 bits per heavy atom. The number of hydrogen-bond donors (Lipinski definition) is 2. The van der Waals surface area contributed by atoms with Crippen LogP contribution in [0.4, 0.5) is 0 Å². The van der Waals surface area contributed by atoms with Gasteiger partial charge < -0.3 is 15.6 Å². The van der Waals surface area contributed by atoms with Crippen molar-refractivity contribution in [3.05, 3.63) is 24.0 Å². The van der Waals surface area contributed by atoms with Crippen LogP contribution in [0.15, 0.2) is 18.5 Å². The molecule has 9 heteroatoms. The molecule has 8 nitrogen and oxygen atoms in total. The van der Waals surface area contributed by atoms with Crippen molar-refractivity contribution in [3.63, 3.8) is 0 Å². The van der Waals surface area contributed by atoms with E-state index in [1.807, 2.05) is 0 Å². The zero-order chi connectivity index (χ0) is 15.2. The number of carbonyl (C=O) groups is 2. The fourth-order valence-corrected chi connectivity index (χ4v) is 2.36. The van der Waals surface area contributed by atoms with Gasteiger partial charge in [-0.05, 0) is 6.07 Å². The molecule has 0 unspecified atom stereocenters. The summed E-state index contributed by atoms with van der Waals surface area (Å²) in [5.41, 5.74) is 4.76. The van der Waals surface area contributed by atoms with E-state index in [0.29, 0.717) is 0 Å². The predicted octanol–water partition coefficient (Wildman–Crippen LogP) is -0.551. The fourth-order valence-electron chi connectivity index (χ4n) is 1.31. The molecule has 1 rings (SSSR count). The lowest BCUT2D eigenvalue weighted by Gasteiger charge is -2.08. The molecule has 0 aliphatic heterocycles. The number of pyridine rings is 1. The van der Waals surface area contributed by atoms with Crippen LogP contribution in [-0.4, -0.2) is 48.5 Å². The minimum absolute atomic E-state index is 0.00917. The molecule has 0 saturated heterocycles. The normalized spacial score (nSPS) is 11.0. The van der Waals surface area contributed by atoms with Crippen LogP contribution >= 0.6 is 0 Å². The number of hydrogen-bond acceptors (Lipinski definition) is 6. The number of aromatic carboxylic acids is 1. The summed E-state index contributed by atoms with van der Waals surface area (Å²) in [6, 6.07) is 1.25. The van der Waals surface area contributed by atoms with Crippen molar-refractivity contribution in [2.75, 3.05) is 18.1 Å². The first-order chi connectivity index (χ1) is 9.32. The molecule has 0 bridgehead atoms. The highest BCUT2D eigenvalue weighted by molar-refractivity contribution is 7.91. The maximum absolute atomic E-state index is 11.5. The minimum atomic E-state index is -3.47. The minimum Gasteiger partial charge on any atom is -0.490 e. The lowest BCUT2D eigenvalue weighted by Crippen LogP contribution is -2.22. The summed E-state index contributed by atoms with van der Waals surface area (Å²) in [5, 5.41) is 8.89. The third-order valence-corrected chi connectivity index (χ3v) is 3.94. The topological polar surface area (TPSA) is 137 Å². The van der Waals surface area contributed by atoms with Crippen LogP contribution in [-0.2, 0) is 14.6 Å². The van der Waals surface area contributed by atoms with Crippen LogP contribution < -0.4 is 10.5 Å². The first-order valence-electron chi connectivity index (χ1n) is 5.60. The first kappa shape index (κ1) is 15.9. The molecule has 0 aromatic carbocycles. The molecule has 20 heavy (non-hydrogen) atoms. The lowest BCUT2D eigenvalue weighted by atomic mass is 10.2. The Morgan fingerprint density at radius 2 is 2.05 bits per heavy atom. The molecule has 0 saturated carbocycles. The summed E-state index contributed by atoms with van der Waals surface area (Å²) in [6.45, 7) is -0.229. The van der Waals surface area contributed by atoms with Gasteiger partial charge in [-0.15, -0.1) is 0 Å². The molecule has 0 spiro atoms. The fraction of sp³-hybridized carbons (Fsp3) is 0.364. The van der Waals surface area contributed by atoms with E-state index in [0.717, 1.165) is 0 Å². The Labute approximate surface area is 115 Å². The smallest absolute Gasteiger partial charge is 0.339 e. The standard InChI is InChI=1S/C11H14N2O6S/c12-10(14)2-5-20(17,18)6-4-19-9-7-13-3-1-8(9)11(15)16/h1,3,7H,2,4-6H2,(H2,12,14)(H,15,16). The van der Waals surface area contributed by atoms with E-state index < -0.39 is 21.7 Å². The number of sulfone groups is 1. The monoisotopic (exact) mass is 302 g/mol. The number of primary amides is 1. The SMILES string of the molecule is NC(=O)CCS(=O)(=O)CCOc1cnccc1C(=O)O. The van der Waals surface area contributed by atoms with E-state index >= 15 is 0 Å². The van der Waals surface area contributed by atoms with Crippen LogP contribution in [0.1, 0.15) is 16.8 Å². The van der Waals surface area contributed by atoms with Gasteiger partial charge in [-0.3, -0.25) is 9.78 Å². The van der Waals surface area contributed by atoms with Crippen molar-refractivity contribution in [3.8, 4) is 5.75 Å². The molecular formula is C11H14N2O6S. The van der Waals surface area contributed by atoms with Crippen LogP contribution in [0.5, 0.6) is 5.75 Å². The Bertz CT molecular complexity index is 599. The summed E-state index contributed by atoms with van der Waals surface area (Å²) >= 11 is 0. The molecule has 1 aromatic heterocycles. The molecule has 0 radical (unpaired) electrons. The Morgan fingerprint density at radius 3 is 2.65 bits per heavy atom. The maximum atomic E-state index is 11.5. The van der Waals surface area contributed by atoms with Gasteiger partial charge in [-0.1, -0.05) is 0 Å². The second-order valence-electron chi connectivity index (χ2n) is 3.89. The summed E-state index contributed by atoms with van der Waals surface area (Å²) in [4.78, 5) is 25.1. The van der Waals surface area contributed by atoms with Crippen molar-refractivity contribution in [1.29, 1.82) is 0 Å². The summed E-state index contributed by atoms with van der Waals surface area (Å²) in [5.74, 6) is -2.60. The summed E-state index contributed by atoms with van der Waals surface area (Å²) in [6.07, 6.45) is 2.23. The highest BCUT2D eigenvalue weighted by atomic mass is 32.2. The van der Waals surface area contributed by atoms with Gasteiger partial charge >= 0.3 is 5.97 Å². The Kier molecular flexibility index (Phi) is 5.44. The van der Waals surface area contributed by atoms with E-state index in [9.17, 15) is 18.0 Å². The van der Waals surface area contributed by atoms with Gasteiger partial charge in [0.05, 0.1) is 17.7 Å². The van der Waals surface area contributed by atoms with Gasteiger partial charge in [0.2, 0.25) is 5.91 Å². The van der Waals surface area contributed by atoms with E-state index in [1.165, 1.54) is 18.5 Å². The van der Waals surface area contributed by atoms with Gasteiger partial charge in [-0.25, -0.2) is 13.2 Å². The van der Waals surface area contributed by atoms with E-state index in [-0.39, 0.29) is 35.8 Å². The number of amides is 1. The number of carboxylic acids is 1. The van der Waals surface area contributed by atoms with E-state index in [1.54, 1.807) is 0 Å². The molecule has 1 heterocycles. The molecule has 3 N–H and O–H groups in total. The lowest BCUT2D eigenvalue weighted by molar-refractivity contribution is -0.117. The van der Waals surface area contributed by atoms with Crippen molar-refractivity contribution < 1.29 is 27.9 Å². The molecule has 110 valence electrons. The average Bonchev–Trinajstić information content (AvgIpc) is 2.37. The van der Waals surface area contributed by atoms with Gasteiger partial charge in [-0.2, -0.15) is 0 Å². The number of carbonyl (C=O) groups excluding carboxylic acids is 1. The van der Waals surface area contributed by atoms with Crippen LogP contribution in [0.2, 0.25) is 0 Å². The third-order valence-electron chi connectivity index (χ3n) is 2.33. The zero-order valence-electron chi connectivity index (χ0n) is 10.5. The summed E-state index contributed by atoms with van der Waals surface area (Å²) < 4.78 is 28.2. The second-order valence-corrected chi connectivity index (χ2v) is 6.20. The molecular weight excluding hydrogens is 288 g/mol. The highest BCUT2D eigenvalue weighted by Gasteiger charge is 2.15. The molecule has 1 amide bonds. The first-order valence-corrected chi connectivity index (χ1v) is 7.43. The highest BCUT2D eigenvalue weighted by Crippen LogP contribution is 2.16. The Balaban J connectivity index is 2.57. The van der Waals surface area contributed by atoms with E-state index in [4.69, 9.17) is 15.6 Å².